The third-order valence-corrected chi connectivity index (χ3v) is 1.97. The molecule has 0 aliphatic heterocycles. The van der Waals surface area contributed by atoms with Crippen LogP contribution >= 0.6 is 0 Å². The molecule has 0 spiro atoms. The van der Waals surface area contributed by atoms with Crippen LogP contribution in [0, 0.1) is 0 Å². The zero-order valence-electron chi connectivity index (χ0n) is 9.78. The molecular weight excluding hydrogens is 208 g/mol. The summed E-state index contributed by atoms with van der Waals surface area (Å²) in [5, 5.41) is 8.57. The molecule has 0 atom stereocenters. The molecule has 0 aliphatic rings. The number of allylic oxidation sites excluding steroid dienone is 1. The number of carbonyl (C=O) groups is 2. The molecule has 0 aromatic heterocycles. The fourth-order valence-corrected chi connectivity index (χ4v) is 0.940. The highest BCUT2D eigenvalue weighted by molar-refractivity contribution is 5.87. The summed E-state index contributed by atoms with van der Waals surface area (Å²) in [7, 11) is 0. The molecule has 0 saturated carbocycles. The zero-order chi connectivity index (χ0) is 12.6. The lowest BCUT2D eigenvalue weighted by molar-refractivity contribution is -0.139. The Labute approximate surface area is 95.6 Å². The molecular formula is C12H18O4. The van der Waals surface area contributed by atoms with E-state index in [4.69, 9.17) is 9.84 Å². The van der Waals surface area contributed by atoms with Crippen LogP contribution in [0.3, 0.4) is 0 Å². The van der Waals surface area contributed by atoms with Gasteiger partial charge in [0.25, 0.3) is 0 Å². The maximum Gasteiger partial charge on any atom is 0.333 e. The summed E-state index contributed by atoms with van der Waals surface area (Å²) in [6, 6.07) is 0. The highest BCUT2D eigenvalue weighted by atomic mass is 16.5. The van der Waals surface area contributed by atoms with Crippen LogP contribution < -0.4 is 0 Å². The Hall–Kier alpha value is -1.58. The molecule has 4 nitrogen and oxygen atoms in total. The Bertz CT molecular complexity index is 302. The van der Waals surface area contributed by atoms with Crippen LogP contribution in [0.25, 0.3) is 0 Å². The molecule has 1 N–H and O–H groups in total. The smallest absolute Gasteiger partial charge is 0.333 e. The van der Waals surface area contributed by atoms with Crippen LogP contribution in [0.5, 0.6) is 0 Å². The predicted octanol–water partition coefficient (Wildman–Crippen LogP) is 2.31. The fourth-order valence-electron chi connectivity index (χ4n) is 0.940. The molecule has 90 valence electrons. The third-order valence-electron chi connectivity index (χ3n) is 1.97. The summed E-state index contributed by atoms with van der Waals surface area (Å²) in [5.74, 6) is -1.27. The Morgan fingerprint density at radius 3 is 2.44 bits per heavy atom. The minimum absolute atomic E-state index is 0.346. The van der Waals surface area contributed by atoms with Gasteiger partial charge in [-0.3, -0.25) is 0 Å². The van der Waals surface area contributed by atoms with Crippen LogP contribution in [0.1, 0.15) is 33.1 Å². The van der Waals surface area contributed by atoms with Crippen molar-refractivity contribution < 1.29 is 19.4 Å². The highest BCUT2D eigenvalue weighted by Gasteiger charge is 2.02. The number of hydrogen-bond donors (Lipinski definition) is 1. The molecule has 0 fully saturated rings. The van der Waals surface area contributed by atoms with Crippen molar-refractivity contribution in [2.45, 2.75) is 33.1 Å². The van der Waals surface area contributed by atoms with Crippen molar-refractivity contribution in [1.29, 1.82) is 0 Å². The van der Waals surface area contributed by atoms with Crippen molar-refractivity contribution in [3.63, 3.8) is 0 Å². The molecule has 0 amide bonds. The zero-order valence-corrected chi connectivity index (χ0v) is 9.78. The third kappa shape index (κ3) is 6.81. The molecule has 0 unspecified atom stereocenters. The van der Waals surface area contributed by atoms with Crippen molar-refractivity contribution in [2.75, 3.05) is 6.61 Å². The molecule has 0 aromatic rings. The number of unbranched alkanes of at least 4 members (excludes halogenated alkanes) is 2. The van der Waals surface area contributed by atoms with Gasteiger partial charge in [-0.15, -0.1) is 0 Å². The Balaban J connectivity index is 3.55. The van der Waals surface area contributed by atoms with E-state index in [1.807, 2.05) is 0 Å². The lowest BCUT2D eigenvalue weighted by Gasteiger charge is -2.02. The van der Waals surface area contributed by atoms with Gasteiger partial charge < -0.3 is 9.84 Å². The molecule has 4 heteroatoms. The summed E-state index contributed by atoms with van der Waals surface area (Å²) in [4.78, 5) is 21.4. The van der Waals surface area contributed by atoms with Crippen molar-refractivity contribution in [1.82, 2.24) is 0 Å². The van der Waals surface area contributed by atoms with E-state index in [0.717, 1.165) is 12.8 Å². The van der Waals surface area contributed by atoms with Gasteiger partial charge in [0, 0.05) is 11.1 Å². The molecule has 0 heterocycles. The minimum atomic E-state index is -0.895. The minimum Gasteiger partial charge on any atom is -0.478 e. The van der Waals surface area contributed by atoms with E-state index in [2.05, 4.69) is 6.58 Å². The van der Waals surface area contributed by atoms with Gasteiger partial charge in [-0.05, 0) is 33.1 Å². The molecule has 16 heavy (non-hydrogen) atoms. The second-order valence-electron chi connectivity index (χ2n) is 3.60. The van der Waals surface area contributed by atoms with Gasteiger partial charge >= 0.3 is 11.9 Å². The lowest BCUT2D eigenvalue weighted by Crippen LogP contribution is -2.05. The van der Waals surface area contributed by atoms with Gasteiger partial charge in [-0.2, -0.15) is 0 Å². The monoisotopic (exact) mass is 226 g/mol. The average Bonchev–Trinajstić information content (AvgIpc) is 2.21. The Morgan fingerprint density at radius 1 is 1.31 bits per heavy atom. The Kier molecular flexibility index (Phi) is 6.92. The van der Waals surface area contributed by atoms with Gasteiger partial charge in [-0.1, -0.05) is 12.7 Å². The van der Waals surface area contributed by atoms with Crippen molar-refractivity contribution in [3.8, 4) is 0 Å². The topological polar surface area (TPSA) is 63.6 Å². The largest absolute Gasteiger partial charge is 0.478 e. The van der Waals surface area contributed by atoms with E-state index in [9.17, 15) is 9.59 Å². The van der Waals surface area contributed by atoms with E-state index >= 15 is 0 Å². The van der Waals surface area contributed by atoms with Crippen LogP contribution in [0.15, 0.2) is 23.8 Å². The van der Waals surface area contributed by atoms with E-state index in [-0.39, 0.29) is 5.97 Å². The number of aliphatic carboxylic acids is 1. The molecule has 0 aromatic carbocycles. The highest BCUT2D eigenvalue weighted by Crippen LogP contribution is 2.02. The molecule has 0 bridgehead atoms. The number of esters is 1. The van der Waals surface area contributed by atoms with Crippen LogP contribution in [0.2, 0.25) is 0 Å². The van der Waals surface area contributed by atoms with Gasteiger partial charge in [0.15, 0.2) is 0 Å². The first-order valence-electron chi connectivity index (χ1n) is 5.18. The number of carboxylic acids is 1. The van der Waals surface area contributed by atoms with Crippen LogP contribution in [-0.2, 0) is 14.3 Å². The van der Waals surface area contributed by atoms with E-state index < -0.39 is 5.97 Å². The second-order valence-corrected chi connectivity index (χ2v) is 3.60. The first-order chi connectivity index (χ1) is 7.45. The summed E-state index contributed by atoms with van der Waals surface area (Å²) in [6.07, 6.45) is 3.88. The fraction of sp³-hybridized carbons (Fsp3) is 0.500. The summed E-state index contributed by atoms with van der Waals surface area (Å²) in [5.41, 5.74) is 0.737. The van der Waals surface area contributed by atoms with E-state index in [1.54, 1.807) is 19.9 Å². The van der Waals surface area contributed by atoms with Crippen LogP contribution in [0.4, 0.5) is 0 Å². The van der Waals surface area contributed by atoms with Crippen molar-refractivity contribution in [3.05, 3.63) is 23.8 Å². The molecule has 0 radical (unpaired) electrons. The molecule has 0 aliphatic carbocycles. The van der Waals surface area contributed by atoms with E-state index in [1.165, 1.54) is 0 Å². The van der Waals surface area contributed by atoms with Crippen molar-refractivity contribution >= 4 is 11.9 Å². The summed E-state index contributed by atoms with van der Waals surface area (Å²) >= 11 is 0. The molecule has 0 rings (SSSR count). The molecule has 0 saturated heterocycles. The number of carbonyl (C=O) groups excluding carboxylic acids is 1. The first-order valence-corrected chi connectivity index (χ1v) is 5.18. The van der Waals surface area contributed by atoms with Gasteiger partial charge in [0.05, 0.1) is 6.61 Å². The first kappa shape index (κ1) is 14.4. The second kappa shape index (κ2) is 7.68. The normalized spacial score (nSPS) is 11.0. The Morgan fingerprint density at radius 2 is 1.94 bits per heavy atom. The number of hydrogen-bond acceptors (Lipinski definition) is 3. The van der Waals surface area contributed by atoms with Gasteiger partial charge in [0.2, 0.25) is 0 Å². The predicted molar refractivity (Wildman–Crippen MR) is 61.0 cm³/mol. The number of carboxylic acid groups (broad SMARTS) is 1. The van der Waals surface area contributed by atoms with Gasteiger partial charge in [-0.25, -0.2) is 9.59 Å². The summed E-state index contributed by atoms with van der Waals surface area (Å²) in [6.45, 7) is 6.97. The maximum atomic E-state index is 11.0. The SMILES string of the molecule is C=C(C)C(=O)OCCCCC=C(C)C(=O)O. The number of ether oxygens (including phenoxy) is 1. The van der Waals surface area contributed by atoms with Crippen molar-refractivity contribution in [2.24, 2.45) is 0 Å². The summed E-state index contributed by atoms with van der Waals surface area (Å²) < 4.78 is 4.88. The van der Waals surface area contributed by atoms with Crippen LogP contribution in [-0.4, -0.2) is 23.7 Å². The standard InChI is InChI=1S/C12H18O4/c1-9(2)12(15)16-8-6-4-5-7-10(3)11(13)14/h7H,1,4-6,8H2,2-3H3,(H,13,14). The number of rotatable bonds is 7. The quantitative estimate of drug-likeness (QED) is 0.411. The van der Waals surface area contributed by atoms with E-state index in [0.29, 0.717) is 24.2 Å². The maximum absolute atomic E-state index is 11.0. The van der Waals surface area contributed by atoms with Gasteiger partial charge in [0.1, 0.15) is 0 Å². The average molecular weight is 226 g/mol. The lowest BCUT2D eigenvalue weighted by atomic mass is 10.2.